The first-order chi connectivity index (χ1) is 23.7. The van der Waals surface area contributed by atoms with Crippen molar-refractivity contribution in [3.8, 4) is 0 Å². The van der Waals surface area contributed by atoms with Crippen LogP contribution in [0.1, 0.15) is 56.1 Å². The van der Waals surface area contributed by atoms with Crippen molar-refractivity contribution in [1.82, 2.24) is 4.90 Å². The van der Waals surface area contributed by atoms with Crippen molar-refractivity contribution in [2.45, 2.75) is 62.7 Å². The van der Waals surface area contributed by atoms with Gasteiger partial charge in [-0.1, -0.05) is 97.1 Å². The summed E-state index contributed by atoms with van der Waals surface area (Å²) < 4.78 is 13.6. The molecule has 1 aliphatic carbocycles. The zero-order chi connectivity index (χ0) is 35.1. The van der Waals surface area contributed by atoms with Gasteiger partial charge >= 0.3 is 11.9 Å². The average molecular weight is 731 g/mol. The Morgan fingerprint density at radius 1 is 0.918 bits per heavy atom. The average Bonchev–Trinajstić information content (AvgIpc) is 3.08. The van der Waals surface area contributed by atoms with E-state index in [0.29, 0.717) is 40.1 Å². The summed E-state index contributed by atoms with van der Waals surface area (Å²) in [5.41, 5.74) is 2.80. The number of carboxylic acids is 1. The van der Waals surface area contributed by atoms with Crippen LogP contribution in [0.2, 0.25) is 10.0 Å². The van der Waals surface area contributed by atoms with Crippen molar-refractivity contribution >= 4 is 64.4 Å². The third-order valence-corrected chi connectivity index (χ3v) is 10.1. The molecule has 0 heterocycles. The Morgan fingerprint density at radius 2 is 1.61 bits per heavy atom. The summed E-state index contributed by atoms with van der Waals surface area (Å²) in [6, 6.07) is 21.9. The Balaban J connectivity index is 1.25. The summed E-state index contributed by atoms with van der Waals surface area (Å²) in [4.78, 5) is 51.4. The van der Waals surface area contributed by atoms with Crippen molar-refractivity contribution < 1.29 is 29.0 Å². The Kier molecular flexibility index (Phi) is 15.2. The third kappa shape index (κ3) is 12.0. The predicted molar refractivity (Wildman–Crippen MR) is 193 cm³/mol. The van der Waals surface area contributed by atoms with Crippen LogP contribution in [0, 0.1) is 10.8 Å². The second-order valence-electron chi connectivity index (χ2n) is 12.1. The molecular weight excluding hydrogens is 689 g/mol. The molecule has 1 aliphatic rings. The van der Waals surface area contributed by atoms with Crippen molar-refractivity contribution in [1.29, 1.82) is 0 Å². The number of benzene rings is 3. The number of esters is 1. The molecule has 1 atom stereocenters. The molecule has 13 heteroatoms. The third-order valence-electron chi connectivity index (χ3n) is 8.49. The number of carbonyl (C=O) groups excluding carboxylic acids is 2. The maximum atomic E-state index is 13.6. The van der Waals surface area contributed by atoms with Crippen LogP contribution in [-0.4, -0.2) is 59.0 Å². The number of aliphatic carboxylic acids is 1. The fourth-order valence-corrected chi connectivity index (χ4v) is 7.22. The molecule has 0 saturated heterocycles. The summed E-state index contributed by atoms with van der Waals surface area (Å²) in [6.45, 7) is 0.750. The molecular formula is C36H41Cl2N3O7S. The van der Waals surface area contributed by atoms with E-state index in [9.17, 15) is 24.4 Å². The number of nitroso groups, excluding NO2 is 1. The van der Waals surface area contributed by atoms with Gasteiger partial charge in [0.25, 0.3) is 0 Å². The number of nitrogens with zero attached hydrogens (tertiary/aromatic N) is 2. The van der Waals surface area contributed by atoms with Crippen LogP contribution in [0.4, 0.5) is 11.4 Å². The van der Waals surface area contributed by atoms with Gasteiger partial charge in [0, 0.05) is 48.3 Å². The van der Waals surface area contributed by atoms with E-state index in [4.69, 9.17) is 32.7 Å². The summed E-state index contributed by atoms with van der Waals surface area (Å²) in [5.74, 6) is -2.82. The Hall–Kier alpha value is -3.64. The number of carboxylic acid groups (broad SMARTS) is 1. The summed E-state index contributed by atoms with van der Waals surface area (Å²) in [7, 11) is 0. The normalized spacial score (nSPS) is 14.4. The quantitative estimate of drug-likeness (QED) is 0.0539. The lowest BCUT2D eigenvalue weighted by Gasteiger charge is -2.38. The van der Waals surface area contributed by atoms with Crippen LogP contribution in [0.15, 0.2) is 77.4 Å². The van der Waals surface area contributed by atoms with Gasteiger partial charge in [0.2, 0.25) is 5.91 Å². The van der Waals surface area contributed by atoms with E-state index in [-0.39, 0.29) is 45.0 Å². The predicted octanol–water partition coefficient (Wildman–Crippen LogP) is 8.47. The molecule has 2 N–H and O–H groups in total. The Labute approximate surface area is 300 Å². The van der Waals surface area contributed by atoms with E-state index in [1.165, 1.54) is 0 Å². The van der Waals surface area contributed by atoms with Crippen molar-refractivity contribution in [2.24, 2.45) is 10.5 Å². The highest BCUT2D eigenvalue weighted by molar-refractivity contribution is 7.99. The van der Waals surface area contributed by atoms with Gasteiger partial charge in [-0.2, -0.15) is 0 Å². The second-order valence-corrected chi connectivity index (χ2v) is 14.1. The van der Waals surface area contributed by atoms with Crippen LogP contribution < -0.4 is 5.32 Å². The second kappa shape index (κ2) is 19.5. The largest absolute Gasteiger partial charge is 0.481 e. The van der Waals surface area contributed by atoms with Gasteiger partial charge in [0.1, 0.15) is 6.61 Å². The first-order valence-corrected chi connectivity index (χ1v) is 17.8. The number of para-hydroxylation sites is 2. The highest BCUT2D eigenvalue weighted by Crippen LogP contribution is 2.41. The van der Waals surface area contributed by atoms with Gasteiger partial charge in [0.15, 0.2) is 0 Å². The van der Waals surface area contributed by atoms with E-state index in [2.05, 4.69) is 9.90 Å². The minimum atomic E-state index is -1.09. The van der Waals surface area contributed by atoms with Gasteiger partial charge in [-0.15, -0.1) is 4.91 Å². The van der Waals surface area contributed by atoms with Crippen LogP contribution in [0.5, 0.6) is 0 Å². The molecule has 3 aromatic rings. The van der Waals surface area contributed by atoms with Crippen LogP contribution in [0.3, 0.4) is 0 Å². The topological polar surface area (TPSA) is 135 Å². The molecule has 0 spiro atoms. The summed E-state index contributed by atoms with van der Waals surface area (Å²) in [6.07, 6.45) is 4.40. The van der Waals surface area contributed by atoms with Crippen molar-refractivity contribution in [3.05, 3.63) is 98.9 Å². The van der Waals surface area contributed by atoms with Gasteiger partial charge in [-0.05, 0) is 48.6 Å². The molecule has 0 aliphatic heterocycles. The van der Waals surface area contributed by atoms with E-state index < -0.39 is 22.6 Å². The number of anilines is 2. The molecule has 3 aromatic carbocycles. The van der Waals surface area contributed by atoms with E-state index >= 15 is 0 Å². The zero-order valence-electron chi connectivity index (χ0n) is 27.2. The molecule has 1 fully saturated rings. The fraction of sp³-hybridized carbons (Fsp3) is 0.417. The standard InChI is InChI=1S/C36H41Cl2N3O7S/c37-29-13-9-14-30(38)34(29)39-31-15-6-5-12-27(31)23-33(43)48-21-20-47-19-16-28(35(44)45)22-32(42)41(24-26-10-3-1-4-11-26)25-36(49-40-46)17-7-2-8-18-36/h1,3-6,9-15,28,39H,2,7-8,16-25H2,(H,44,45). The minimum absolute atomic E-state index is 0.00334. The van der Waals surface area contributed by atoms with Crippen molar-refractivity contribution in [3.63, 3.8) is 0 Å². The summed E-state index contributed by atoms with van der Waals surface area (Å²) in [5, 5.41) is 14.0. The molecule has 1 amide bonds. The Morgan fingerprint density at radius 3 is 2.31 bits per heavy atom. The van der Waals surface area contributed by atoms with Gasteiger partial charge in [0.05, 0.1) is 39.4 Å². The molecule has 4 rings (SSSR count). The van der Waals surface area contributed by atoms with E-state index in [1.54, 1.807) is 29.2 Å². The number of rotatable bonds is 19. The van der Waals surface area contributed by atoms with Gasteiger partial charge in [-0.25, -0.2) is 0 Å². The number of hydrogen-bond donors (Lipinski definition) is 2. The van der Waals surface area contributed by atoms with Crippen LogP contribution in [-0.2, 0) is 36.8 Å². The highest BCUT2D eigenvalue weighted by Gasteiger charge is 2.38. The molecule has 0 radical (unpaired) electrons. The molecule has 10 nitrogen and oxygen atoms in total. The number of nitrogens with one attached hydrogen (secondary N) is 1. The maximum Gasteiger partial charge on any atom is 0.310 e. The van der Waals surface area contributed by atoms with Crippen molar-refractivity contribution in [2.75, 3.05) is 31.7 Å². The maximum absolute atomic E-state index is 13.6. The molecule has 262 valence electrons. The van der Waals surface area contributed by atoms with E-state index in [0.717, 1.165) is 49.6 Å². The lowest BCUT2D eigenvalue weighted by molar-refractivity contribution is -0.147. The van der Waals surface area contributed by atoms with Crippen LogP contribution in [0.25, 0.3) is 0 Å². The fourth-order valence-electron chi connectivity index (χ4n) is 5.89. The summed E-state index contributed by atoms with van der Waals surface area (Å²) >= 11 is 13.6. The lowest BCUT2D eigenvalue weighted by Crippen LogP contribution is -2.45. The number of carbonyl (C=O) groups is 3. The number of halogens is 2. The monoisotopic (exact) mass is 729 g/mol. The van der Waals surface area contributed by atoms with Gasteiger partial charge < -0.3 is 24.8 Å². The number of amides is 1. The van der Waals surface area contributed by atoms with Crippen LogP contribution >= 0.6 is 35.1 Å². The molecule has 1 unspecified atom stereocenters. The lowest BCUT2D eigenvalue weighted by atomic mass is 9.87. The molecule has 1 saturated carbocycles. The zero-order valence-corrected chi connectivity index (χ0v) is 29.5. The number of ether oxygens (including phenoxy) is 2. The SMILES string of the molecule is O=NSC1(CN(Cc2ccccc2)C(=O)CC(CCOCCOC(=O)Cc2ccccc2Nc2c(Cl)cccc2Cl)C(=O)O)CCCCC1. The highest BCUT2D eigenvalue weighted by atomic mass is 35.5. The first-order valence-electron chi connectivity index (χ1n) is 16.3. The first kappa shape index (κ1) is 38.2. The number of hydrogen-bond acceptors (Lipinski definition) is 9. The Bertz CT molecular complexity index is 1540. The van der Waals surface area contributed by atoms with Gasteiger partial charge in [-0.3, -0.25) is 14.4 Å². The molecule has 49 heavy (non-hydrogen) atoms. The molecule has 0 bridgehead atoms. The minimum Gasteiger partial charge on any atom is -0.481 e. The smallest absolute Gasteiger partial charge is 0.310 e. The van der Waals surface area contributed by atoms with E-state index in [1.807, 2.05) is 48.5 Å². The molecule has 0 aromatic heterocycles.